The third-order valence-electron chi connectivity index (χ3n) is 2.21. The summed E-state index contributed by atoms with van der Waals surface area (Å²) >= 11 is 0. The van der Waals surface area contributed by atoms with E-state index in [9.17, 15) is 4.79 Å². The number of rotatable bonds is 7. The minimum Gasteiger partial charge on any atom is -0.469 e. The predicted octanol–water partition coefficient (Wildman–Crippen LogP) is 1.51. The molecule has 0 saturated heterocycles. The van der Waals surface area contributed by atoms with Crippen LogP contribution in [0.4, 0.5) is 0 Å². The molecule has 0 heterocycles. The van der Waals surface area contributed by atoms with Crippen LogP contribution in [0.5, 0.6) is 0 Å². The quantitative estimate of drug-likeness (QED) is 0.387. The van der Waals surface area contributed by atoms with Crippen molar-refractivity contribution in [3.8, 4) is 0 Å². The van der Waals surface area contributed by atoms with Crippen LogP contribution in [-0.2, 0) is 14.4 Å². The van der Waals surface area contributed by atoms with Crippen LogP contribution in [0.1, 0.15) is 33.1 Å². The summed E-state index contributed by atoms with van der Waals surface area (Å²) in [6, 6.07) is 0. The molecule has 0 spiro atoms. The van der Waals surface area contributed by atoms with Crippen molar-refractivity contribution in [1.29, 1.82) is 0 Å². The Labute approximate surface area is 85.9 Å². The summed E-state index contributed by atoms with van der Waals surface area (Å²) in [5, 5.41) is 0. The molecule has 0 unspecified atom stereocenters. The van der Waals surface area contributed by atoms with Crippen molar-refractivity contribution in [3.05, 3.63) is 0 Å². The SMILES string of the molecule is CONCCCCC(C)(C)C(=O)OC. The smallest absolute Gasteiger partial charge is 0.311 e. The van der Waals surface area contributed by atoms with E-state index in [1.54, 1.807) is 7.11 Å². The van der Waals surface area contributed by atoms with Crippen LogP contribution in [-0.4, -0.2) is 26.7 Å². The first-order valence-corrected chi connectivity index (χ1v) is 4.89. The Hall–Kier alpha value is -0.610. The lowest BCUT2D eigenvalue weighted by Crippen LogP contribution is -2.25. The maximum absolute atomic E-state index is 11.3. The molecule has 0 rings (SSSR count). The van der Waals surface area contributed by atoms with Crippen LogP contribution in [0, 0.1) is 5.41 Å². The van der Waals surface area contributed by atoms with E-state index in [1.807, 2.05) is 13.8 Å². The highest BCUT2D eigenvalue weighted by Gasteiger charge is 2.27. The molecule has 14 heavy (non-hydrogen) atoms. The van der Waals surface area contributed by atoms with Gasteiger partial charge in [-0.15, -0.1) is 0 Å². The summed E-state index contributed by atoms with van der Waals surface area (Å²) in [7, 11) is 3.02. The topological polar surface area (TPSA) is 47.6 Å². The van der Waals surface area contributed by atoms with E-state index in [2.05, 4.69) is 5.48 Å². The molecule has 0 aliphatic rings. The van der Waals surface area contributed by atoms with Gasteiger partial charge in [-0.3, -0.25) is 4.79 Å². The van der Waals surface area contributed by atoms with E-state index in [4.69, 9.17) is 9.57 Å². The van der Waals surface area contributed by atoms with Crippen LogP contribution in [0.25, 0.3) is 0 Å². The maximum Gasteiger partial charge on any atom is 0.311 e. The Morgan fingerprint density at radius 3 is 2.43 bits per heavy atom. The summed E-state index contributed by atoms with van der Waals surface area (Å²) < 4.78 is 4.71. The van der Waals surface area contributed by atoms with Gasteiger partial charge in [0.05, 0.1) is 19.6 Å². The van der Waals surface area contributed by atoms with E-state index in [0.717, 1.165) is 25.8 Å². The lowest BCUT2D eigenvalue weighted by atomic mass is 9.87. The standard InChI is InChI=1S/C10H21NO3/c1-10(2,9(12)13-3)7-5-6-8-11-14-4/h11H,5-8H2,1-4H3. The number of hydroxylamine groups is 1. The third-order valence-corrected chi connectivity index (χ3v) is 2.21. The summed E-state index contributed by atoms with van der Waals surface area (Å²) in [4.78, 5) is 16.0. The van der Waals surface area contributed by atoms with Gasteiger partial charge in [0.1, 0.15) is 0 Å². The Bertz CT molecular complexity index is 169. The molecule has 0 aliphatic carbocycles. The molecule has 0 saturated carbocycles. The number of ether oxygens (including phenoxy) is 1. The molecule has 0 atom stereocenters. The Morgan fingerprint density at radius 1 is 1.29 bits per heavy atom. The van der Waals surface area contributed by atoms with Gasteiger partial charge in [-0.2, -0.15) is 0 Å². The fraction of sp³-hybridized carbons (Fsp3) is 0.900. The molecule has 4 heteroatoms. The van der Waals surface area contributed by atoms with Gasteiger partial charge in [0.15, 0.2) is 0 Å². The van der Waals surface area contributed by atoms with Crippen molar-refractivity contribution >= 4 is 5.97 Å². The Kier molecular flexibility index (Phi) is 6.49. The molecule has 0 fully saturated rings. The number of nitrogens with one attached hydrogen (secondary N) is 1. The monoisotopic (exact) mass is 203 g/mol. The molecule has 1 N–H and O–H groups in total. The van der Waals surface area contributed by atoms with Gasteiger partial charge < -0.3 is 9.57 Å². The predicted molar refractivity (Wildman–Crippen MR) is 54.7 cm³/mol. The molecular formula is C10H21NO3. The zero-order valence-electron chi connectivity index (χ0n) is 9.55. The molecule has 4 nitrogen and oxygen atoms in total. The largest absolute Gasteiger partial charge is 0.469 e. The first-order valence-electron chi connectivity index (χ1n) is 4.89. The summed E-state index contributed by atoms with van der Waals surface area (Å²) in [5.74, 6) is -0.141. The normalized spacial score (nSPS) is 11.4. The first-order chi connectivity index (χ1) is 6.54. The summed E-state index contributed by atoms with van der Waals surface area (Å²) in [6.07, 6.45) is 2.82. The van der Waals surface area contributed by atoms with Crippen molar-refractivity contribution in [2.24, 2.45) is 5.41 Å². The number of methoxy groups -OCH3 is 1. The molecule has 0 aliphatic heterocycles. The summed E-state index contributed by atoms with van der Waals surface area (Å²) in [6.45, 7) is 4.62. The van der Waals surface area contributed by atoms with Gasteiger partial charge in [0.2, 0.25) is 0 Å². The van der Waals surface area contributed by atoms with Gasteiger partial charge in [-0.25, -0.2) is 5.48 Å². The van der Waals surface area contributed by atoms with Gasteiger partial charge in [-0.05, 0) is 26.7 Å². The average Bonchev–Trinajstić information content (AvgIpc) is 2.16. The third kappa shape index (κ3) is 5.19. The van der Waals surface area contributed by atoms with E-state index < -0.39 is 0 Å². The minimum absolute atomic E-state index is 0.141. The van der Waals surface area contributed by atoms with Crippen molar-refractivity contribution in [1.82, 2.24) is 5.48 Å². The van der Waals surface area contributed by atoms with Gasteiger partial charge in [0, 0.05) is 6.54 Å². The van der Waals surface area contributed by atoms with E-state index in [0.29, 0.717) is 0 Å². The van der Waals surface area contributed by atoms with Crippen LogP contribution in [0.2, 0.25) is 0 Å². The first kappa shape index (κ1) is 13.4. The number of hydrogen-bond donors (Lipinski definition) is 1. The molecule has 84 valence electrons. The van der Waals surface area contributed by atoms with Gasteiger partial charge in [-0.1, -0.05) is 6.42 Å². The molecule has 0 aromatic rings. The number of unbranched alkanes of at least 4 members (excludes halogenated alkanes) is 1. The fourth-order valence-corrected chi connectivity index (χ4v) is 1.24. The van der Waals surface area contributed by atoms with E-state index in [1.165, 1.54) is 7.11 Å². The highest BCUT2D eigenvalue weighted by atomic mass is 16.6. The minimum atomic E-state index is -0.373. The molecule has 0 radical (unpaired) electrons. The lowest BCUT2D eigenvalue weighted by Gasteiger charge is -2.20. The number of hydrogen-bond acceptors (Lipinski definition) is 4. The molecule has 0 bridgehead atoms. The lowest BCUT2D eigenvalue weighted by molar-refractivity contribution is -0.151. The van der Waals surface area contributed by atoms with Crippen molar-refractivity contribution in [2.45, 2.75) is 33.1 Å². The van der Waals surface area contributed by atoms with Gasteiger partial charge >= 0.3 is 5.97 Å². The highest BCUT2D eigenvalue weighted by Crippen LogP contribution is 2.24. The van der Waals surface area contributed by atoms with E-state index in [-0.39, 0.29) is 11.4 Å². The zero-order valence-corrected chi connectivity index (χ0v) is 9.55. The summed E-state index contributed by atoms with van der Waals surface area (Å²) in [5.41, 5.74) is 2.39. The maximum atomic E-state index is 11.3. The number of carbonyl (C=O) groups excluding carboxylic acids is 1. The molecule has 0 aromatic carbocycles. The highest BCUT2D eigenvalue weighted by molar-refractivity contribution is 5.75. The van der Waals surface area contributed by atoms with Gasteiger partial charge in [0.25, 0.3) is 0 Å². The Balaban J connectivity index is 3.60. The molecule has 0 amide bonds. The van der Waals surface area contributed by atoms with Crippen LogP contribution >= 0.6 is 0 Å². The van der Waals surface area contributed by atoms with Crippen LogP contribution in [0.15, 0.2) is 0 Å². The van der Waals surface area contributed by atoms with Crippen molar-refractivity contribution in [3.63, 3.8) is 0 Å². The van der Waals surface area contributed by atoms with Crippen molar-refractivity contribution in [2.75, 3.05) is 20.8 Å². The van der Waals surface area contributed by atoms with Crippen LogP contribution in [0.3, 0.4) is 0 Å². The zero-order chi connectivity index (χ0) is 11.0. The number of esters is 1. The van der Waals surface area contributed by atoms with Crippen LogP contribution < -0.4 is 5.48 Å². The second-order valence-corrected chi connectivity index (χ2v) is 3.93. The average molecular weight is 203 g/mol. The second-order valence-electron chi connectivity index (χ2n) is 3.93. The Morgan fingerprint density at radius 2 is 1.93 bits per heavy atom. The molecule has 0 aromatic heterocycles. The van der Waals surface area contributed by atoms with E-state index >= 15 is 0 Å². The fourth-order valence-electron chi connectivity index (χ4n) is 1.24. The second kappa shape index (κ2) is 6.79. The molecular weight excluding hydrogens is 182 g/mol. The number of carbonyl (C=O) groups is 1. The van der Waals surface area contributed by atoms with Crippen molar-refractivity contribution < 1.29 is 14.4 Å².